The lowest BCUT2D eigenvalue weighted by Gasteiger charge is -2.06. The number of hydrogen-bond donors (Lipinski definition) is 3. The van der Waals surface area contributed by atoms with Gasteiger partial charge in [0.05, 0.1) is 5.56 Å². The van der Waals surface area contributed by atoms with Gasteiger partial charge in [0, 0.05) is 21.2 Å². The summed E-state index contributed by atoms with van der Waals surface area (Å²) in [5.74, 6) is -0.932. The van der Waals surface area contributed by atoms with Crippen molar-refractivity contribution in [2.24, 2.45) is 0 Å². The van der Waals surface area contributed by atoms with Crippen molar-refractivity contribution in [3.63, 3.8) is 0 Å². The molecule has 2 aromatic rings. The van der Waals surface area contributed by atoms with Gasteiger partial charge in [-0.3, -0.25) is 0 Å². The van der Waals surface area contributed by atoms with Crippen molar-refractivity contribution in [2.75, 3.05) is 11.5 Å². The Kier molecular flexibility index (Phi) is 3.43. The van der Waals surface area contributed by atoms with E-state index < -0.39 is 5.97 Å². The minimum atomic E-state index is -0.932. The van der Waals surface area contributed by atoms with Crippen molar-refractivity contribution in [1.29, 1.82) is 0 Å². The minimum Gasteiger partial charge on any atom is -0.478 e. The maximum atomic E-state index is 10.7. The van der Waals surface area contributed by atoms with Gasteiger partial charge in [-0.15, -0.1) is 0 Å². The summed E-state index contributed by atoms with van der Waals surface area (Å²) in [6.07, 6.45) is 0. The summed E-state index contributed by atoms with van der Waals surface area (Å²) in [6.45, 7) is 0. The SMILES string of the molecule is Nc1ccc(Sc2ccc(C(=O)O)cc2)c(N)c1. The van der Waals surface area contributed by atoms with Crippen LogP contribution in [0.3, 0.4) is 0 Å². The van der Waals surface area contributed by atoms with Crippen molar-refractivity contribution >= 4 is 29.1 Å². The van der Waals surface area contributed by atoms with Crippen molar-refractivity contribution in [1.82, 2.24) is 0 Å². The number of aromatic carboxylic acids is 1. The third kappa shape index (κ3) is 2.75. The van der Waals surface area contributed by atoms with Crippen LogP contribution in [0.15, 0.2) is 52.3 Å². The molecule has 92 valence electrons. The lowest BCUT2D eigenvalue weighted by Crippen LogP contribution is -1.95. The maximum absolute atomic E-state index is 10.7. The zero-order chi connectivity index (χ0) is 13.1. The maximum Gasteiger partial charge on any atom is 0.335 e. The Balaban J connectivity index is 2.21. The highest BCUT2D eigenvalue weighted by molar-refractivity contribution is 7.99. The average Bonchev–Trinajstić information content (AvgIpc) is 2.33. The number of hydrogen-bond acceptors (Lipinski definition) is 4. The van der Waals surface area contributed by atoms with E-state index in [1.54, 1.807) is 36.4 Å². The summed E-state index contributed by atoms with van der Waals surface area (Å²) >= 11 is 1.47. The zero-order valence-corrected chi connectivity index (χ0v) is 10.3. The Morgan fingerprint density at radius 1 is 1.06 bits per heavy atom. The smallest absolute Gasteiger partial charge is 0.335 e. The quantitative estimate of drug-likeness (QED) is 0.738. The van der Waals surface area contributed by atoms with Crippen LogP contribution in [0.4, 0.5) is 11.4 Å². The van der Waals surface area contributed by atoms with Crippen LogP contribution in [0.25, 0.3) is 0 Å². The van der Waals surface area contributed by atoms with Gasteiger partial charge in [-0.25, -0.2) is 4.79 Å². The van der Waals surface area contributed by atoms with E-state index in [1.807, 2.05) is 6.07 Å². The Labute approximate surface area is 109 Å². The minimum absolute atomic E-state index is 0.268. The molecule has 2 aromatic carbocycles. The second-order valence-electron chi connectivity index (χ2n) is 3.73. The van der Waals surface area contributed by atoms with Crippen LogP contribution in [0.2, 0.25) is 0 Å². The molecule has 0 unspecified atom stereocenters. The Hall–Kier alpha value is -2.14. The van der Waals surface area contributed by atoms with Gasteiger partial charge in [0.2, 0.25) is 0 Å². The van der Waals surface area contributed by atoms with Crippen LogP contribution in [-0.4, -0.2) is 11.1 Å². The van der Waals surface area contributed by atoms with Gasteiger partial charge in [0.25, 0.3) is 0 Å². The molecule has 0 fully saturated rings. The highest BCUT2D eigenvalue weighted by atomic mass is 32.2. The van der Waals surface area contributed by atoms with E-state index in [-0.39, 0.29) is 5.56 Å². The first-order valence-electron chi connectivity index (χ1n) is 5.22. The van der Waals surface area contributed by atoms with E-state index in [0.29, 0.717) is 11.4 Å². The fraction of sp³-hybridized carbons (Fsp3) is 0. The topological polar surface area (TPSA) is 89.3 Å². The van der Waals surface area contributed by atoms with Crippen molar-refractivity contribution in [3.05, 3.63) is 48.0 Å². The molecule has 5 N–H and O–H groups in total. The summed E-state index contributed by atoms with van der Waals surface area (Å²) in [7, 11) is 0. The first kappa shape index (κ1) is 12.3. The van der Waals surface area contributed by atoms with E-state index in [1.165, 1.54) is 11.8 Å². The summed E-state index contributed by atoms with van der Waals surface area (Å²) in [5, 5.41) is 8.80. The molecular weight excluding hydrogens is 248 g/mol. The summed E-state index contributed by atoms with van der Waals surface area (Å²) in [4.78, 5) is 12.5. The van der Waals surface area contributed by atoms with Gasteiger partial charge in [-0.1, -0.05) is 11.8 Å². The Morgan fingerprint density at radius 2 is 1.72 bits per heavy atom. The van der Waals surface area contributed by atoms with Crippen LogP contribution in [0, 0.1) is 0 Å². The molecule has 0 amide bonds. The number of benzene rings is 2. The molecule has 0 heterocycles. The Bertz CT molecular complexity index is 582. The second-order valence-corrected chi connectivity index (χ2v) is 4.84. The number of nitrogens with two attached hydrogens (primary N) is 2. The predicted octanol–water partition coefficient (Wildman–Crippen LogP) is 2.70. The monoisotopic (exact) mass is 260 g/mol. The molecule has 5 heteroatoms. The van der Waals surface area contributed by atoms with E-state index in [4.69, 9.17) is 16.6 Å². The van der Waals surface area contributed by atoms with Gasteiger partial charge in [-0.2, -0.15) is 0 Å². The van der Waals surface area contributed by atoms with Gasteiger partial charge >= 0.3 is 5.97 Å². The third-order valence-corrected chi connectivity index (χ3v) is 3.46. The fourth-order valence-electron chi connectivity index (χ4n) is 1.45. The molecule has 2 rings (SSSR count). The number of nitrogen functional groups attached to an aromatic ring is 2. The lowest BCUT2D eigenvalue weighted by molar-refractivity contribution is 0.0697. The molecule has 0 aromatic heterocycles. The molecule has 0 bridgehead atoms. The second kappa shape index (κ2) is 5.01. The summed E-state index contributed by atoms with van der Waals surface area (Å²) in [5.41, 5.74) is 13.0. The number of carboxylic acids is 1. The van der Waals surface area contributed by atoms with Gasteiger partial charge in [-0.05, 0) is 42.5 Å². The summed E-state index contributed by atoms with van der Waals surface area (Å²) in [6, 6.07) is 12.0. The number of carbonyl (C=O) groups is 1. The Morgan fingerprint density at radius 3 is 2.28 bits per heavy atom. The molecular formula is C13H12N2O2S. The van der Waals surface area contributed by atoms with Crippen LogP contribution < -0.4 is 11.5 Å². The van der Waals surface area contributed by atoms with Crippen molar-refractivity contribution in [3.8, 4) is 0 Å². The van der Waals surface area contributed by atoms with Crippen molar-refractivity contribution < 1.29 is 9.90 Å². The zero-order valence-electron chi connectivity index (χ0n) is 9.46. The molecule has 0 radical (unpaired) electrons. The van der Waals surface area contributed by atoms with Gasteiger partial charge < -0.3 is 16.6 Å². The first-order chi connectivity index (χ1) is 8.56. The molecule has 0 aliphatic carbocycles. The highest BCUT2D eigenvalue weighted by Crippen LogP contribution is 2.33. The molecule has 0 saturated carbocycles. The molecule has 0 saturated heterocycles. The number of anilines is 2. The lowest BCUT2D eigenvalue weighted by atomic mass is 10.2. The molecule has 0 aliphatic rings. The van der Waals surface area contributed by atoms with Crippen LogP contribution in [-0.2, 0) is 0 Å². The van der Waals surface area contributed by atoms with E-state index in [0.717, 1.165) is 9.79 Å². The van der Waals surface area contributed by atoms with E-state index in [2.05, 4.69) is 0 Å². The van der Waals surface area contributed by atoms with Crippen LogP contribution in [0.5, 0.6) is 0 Å². The fourth-order valence-corrected chi connectivity index (χ4v) is 2.29. The van der Waals surface area contributed by atoms with Crippen molar-refractivity contribution in [2.45, 2.75) is 9.79 Å². The number of rotatable bonds is 3. The molecule has 0 spiro atoms. The molecule has 0 aliphatic heterocycles. The third-order valence-electron chi connectivity index (χ3n) is 2.36. The molecule has 4 nitrogen and oxygen atoms in total. The molecule has 18 heavy (non-hydrogen) atoms. The van der Waals surface area contributed by atoms with Gasteiger partial charge in [0.1, 0.15) is 0 Å². The first-order valence-corrected chi connectivity index (χ1v) is 6.04. The normalized spacial score (nSPS) is 10.2. The highest BCUT2D eigenvalue weighted by Gasteiger charge is 2.05. The summed E-state index contributed by atoms with van der Waals surface area (Å²) < 4.78 is 0. The van der Waals surface area contributed by atoms with E-state index in [9.17, 15) is 4.79 Å². The average molecular weight is 260 g/mol. The van der Waals surface area contributed by atoms with Gasteiger partial charge in [0.15, 0.2) is 0 Å². The van der Waals surface area contributed by atoms with E-state index >= 15 is 0 Å². The molecule has 0 atom stereocenters. The van der Waals surface area contributed by atoms with Crippen LogP contribution in [0.1, 0.15) is 10.4 Å². The number of carboxylic acid groups (broad SMARTS) is 1. The standard InChI is InChI=1S/C13H12N2O2S/c14-9-3-6-12(11(15)7-9)18-10-4-1-8(2-5-10)13(16)17/h1-7H,14-15H2,(H,16,17). The van der Waals surface area contributed by atoms with Crippen LogP contribution >= 0.6 is 11.8 Å². The largest absolute Gasteiger partial charge is 0.478 e. The predicted molar refractivity (Wildman–Crippen MR) is 72.8 cm³/mol.